The smallest absolute Gasteiger partial charge is 0.245 e. The van der Waals surface area contributed by atoms with E-state index in [2.05, 4.69) is 4.90 Å². The molecule has 116 valence electrons. The third-order valence-corrected chi connectivity index (χ3v) is 6.62. The second-order valence-corrected chi connectivity index (χ2v) is 7.82. The molecular weight excluding hydrogens is 286 g/mol. The van der Waals surface area contributed by atoms with Gasteiger partial charge in [0.2, 0.25) is 10.0 Å². The molecule has 0 bridgehead atoms. The minimum atomic E-state index is -3.46. The SMILES string of the molecule is Nc1ccccc1S(=O)(=O)N1CCN(C2CCCC2)CC1. The molecule has 0 amide bonds. The van der Waals surface area contributed by atoms with Crippen LogP contribution in [0.2, 0.25) is 0 Å². The molecule has 21 heavy (non-hydrogen) atoms. The molecule has 3 rings (SSSR count). The van der Waals surface area contributed by atoms with Crippen LogP contribution in [0.3, 0.4) is 0 Å². The van der Waals surface area contributed by atoms with E-state index in [1.807, 2.05) is 0 Å². The second kappa shape index (κ2) is 5.94. The largest absolute Gasteiger partial charge is 0.398 e. The summed E-state index contributed by atoms with van der Waals surface area (Å²) in [5.74, 6) is 0. The number of para-hydroxylation sites is 1. The fourth-order valence-electron chi connectivity index (χ4n) is 3.43. The Morgan fingerprint density at radius 2 is 1.62 bits per heavy atom. The van der Waals surface area contributed by atoms with Crippen molar-refractivity contribution in [2.24, 2.45) is 0 Å². The standard InChI is InChI=1S/C15H23N3O2S/c16-14-7-3-4-8-15(14)21(19,20)18-11-9-17(10-12-18)13-5-1-2-6-13/h3-4,7-8,13H,1-2,5-6,9-12,16H2. The number of piperazine rings is 1. The quantitative estimate of drug-likeness (QED) is 0.860. The van der Waals surface area contributed by atoms with Crippen LogP contribution in [0.5, 0.6) is 0 Å². The molecule has 2 N–H and O–H groups in total. The molecular formula is C15H23N3O2S. The number of rotatable bonds is 3. The number of nitrogen functional groups attached to an aromatic ring is 1. The predicted molar refractivity (Wildman–Crippen MR) is 83.4 cm³/mol. The van der Waals surface area contributed by atoms with Crippen molar-refractivity contribution in [2.45, 2.75) is 36.6 Å². The minimum Gasteiger partial charge on any atom is -0.398 e. The molecule has 0 aromatic heterocycles. The van der Waals surface area contributed by atoms with Gasteiger partial charge < -0.3 is 5.73 Å². The molecule has 0 unspecified atom stereocenters. The van der Waals surface area contributed by atoms with E-state index in [0.29, 0.717) is 24.8 Å². The first kappa shape index (κ1) is 14.8. The molecule has 0 radical (unpaired) electrons. The monoisotopic (exact) mass is 309 g/mol. The van der Waals surface area contributed by atoms with Crippen molar-refractivity contribution in [2.75, 3.05) is 31.9 Å². The highest BCUT2D eigenvalue weighted by atomic mass is 32.2. The maximum Gasteiger partial charge on any atom is 0.245 e. The Bertz CT molecular complexity index is 589. The van der Waals surface area contributed by atoms with Crippen molar-refractivity contribution in [1.82, 2.24) is 9.21 Å². The van der Waals surface area contributed by atoms with E-state index in [4.69, 9.17) is 5.73 Å². The lowest BCUT2D eigenvalue weighted by molar-refractivity contribution is 0.139. The number of benzene rings is 1. The predicted octanol–water partition coefficient (Wildman–Crippen LogP) is 1.52. The molecule has 1 saturated heterocycles. The molecule has 1 aromatic carbocycles. The van der Waals surface area contributed by atoms with Crippen LogP contribution in [-0.2, 0) is 10.0 Å². The number of hydrogen-bond donors (Lipinski definition) is 1. The molecule has 1 aliphatic heterocycles. The number of anilines is 1. The van der Waals surface area contributed by atoms with Gasteiger partial charge in [0.25, 0.3) is 0 Å². The molecule has 0 atom stereocenters. The summed E-state index contributed by atoms with van der Waals surface area (Å²) in [6, 6.07) is 7.37. The Labute approximate surface area is 126 Å². The van der Waals surface area contributed by atoms with E-state index >= 15 is 0 Å². The first-order valence-electron chi connectivity index (χ1n) is 7.68. The zero-order valence-electron chi connectivity index (χ0n) is 12.2. The van der Waals surface area contributed by atoms with Crippen LogP contribution in [0.1, 0.15) is 25.7 Å². The lowest BCUT2D eigenvalue weighted by Gasteiger charge is -2.37. The highest BCUT2D eigenvalue weighted by Gasteiger charge is 2.32. The first-order chi connectivity index (χ1) is 10.1. The highest BCUT2D eigenvalue weighted by molar-refractivity contribution is 7.89. The van der Waals surface area contributed by atoms with E-state index in [0.717, 1.165) is 13.1 Å². The van der Waals surface area contributed by atoms with Crippen LogP contribution in [0.25, 0.3) is 0 Å². The maximum absolute atomic E-state index is 12.7. The van der Waals surface area contributed by atoms with Gasteiger partial charge in [-0.15, -0.1) is 0 Å². The summed E-state index contributed by atoms with van der Waals surface area (Å²) in [7, 11) is -3.46. The average Bonchev–Trinajstić information content (AvgIpc) is 3.02. The van der Waals surface area contributed by atoms with E-state index in [1.54, 1.807) is 28.6 Å². The van der Waals surface area contributed by atoms with Gasteiger partial charge in [-0.25, -0.2) is 8.42 Å². The van der Waals surface area contributed by atoms with Crippen molar-refractivity contribution < 1.29 is 8.42 Å². The molecule has 2 aliphatic rings. The van der Waals surface area contributed by atoms with Gasteiger partial charge in [0.15, 0.2) is 0 Å². The summed E-state index contributed by atoms with van der Waals surface area (Å²) in [6.45, 7) is 2.79. The van der Waals surface area contributed by atoms with Gasteiger partial charge in [-0.2, -0.15) is 4.31 Å². The molecule has 1 saturated carbocycles. The van der Waals surface area contributed by atoms with Gasteiger partial charge >= 0.3 is 0 Å². The maximum atomic E-state index is 12.7. The molecule has 5 nitrogen and oxygen atoms in total. The van der Waals surface area contributed by atoms with E-state index in [1.165, 1.54) is 25.7 Å². The van der Waals surface area contributed by atoms with Crippen molar-refractivity contribution in [3.63, 3.8) is 0 Å². The zero-order chi connectivity index (χ0) is 14.9. The summed E-state index contributed by atoms with van der Waals surface area (Å²) >= 11 is 0. The van der Waals surface area contributed by atoms with E-state index in [9.17, 15) is 8.42 Å². The average molecular weight is 309 g/mol. The lowest BCUT2D eigenvalue weighted by Crippen LogP contribution is -2.51. The Kier molecular flexibility index (Phi) is 4.19. The molecule has 6 heteroatoms. The summed E-state index contributed by atoms with van der Waals surface area (Å²) < 4.78 is 26.9. The summed E-state index contributed by atoms with van der Waals surface area (Å²) in [4.78, 5) is 2.69. The number of hydrogen-bond acceptors (Lipinski definition) is 4. The minimum absolute atomic E-state index is 0.235. The van der Waals surface area contributed by atoms with E-state index < -0.39 is 10.0 Å². The van der Waals surface area contributed by atoms with Gasteiger partial charge in [-0.1, -0.05) is 25.0 Å². The van der Waals surface area contributed by atoms with Crippen LogP contribution < -0.4 is 5.73 Å². The highest BCUT2D eigenvalue weighted by Crippen LogP contribution is 2.27. The van der Waals surface area contributed by atoms with Gasteiger partial charge in [0.1, 0.15) is 4.90 Å². The summed E-state index contributed by atoms with van der Waals surface area (Å²) in [5, 5.41) is 0. The molecule has 1 aromatic rings. The Hall–Kier alpha value is -1.11. The normalized spacial score (nSPS) is 22.7. The lowest BCUT2D eigenvalue weighted by atomic mass is 10.2. The zero-order valence-corrected chi connectivity index (χ0v) is 13.1. The van der Waals surface area contributed by atoms with Crippen LogP contribution in [0.4, 0.5) is 5.69 Å². The molecule has 1 heterocycles. The number of nitrogens with two attached hydrogens (primary N) is 1. The van der Waals surface area contributed by atoms with Gasteiger partial charge in [0, 0.05) is 32.2 Å². The van der Waals surface area contributed by atoms with Crippen molar-refractivity contribution in [3.8, 4) is 0 Å². The van der Waals surface area contributed by atoms with Crippen LogP contribution >= 0.6 is 0 Å². The van der Waals surface area contributed by atoms with Gasteiger partial charge in [0.05, 0.1) is 5.69 Å². The third-order valence-electron chi connectivity index (χ3n) is 4.65. The number of nitrogens with zero attached hydrogens (tertiary/aromatic N) is 2. The Balaban J connectivity index is 1.70. The fraction of sp³-hybridized carbons (Fsp3) is 0.600. The Morgan fingerprint density at radius 1 is 1.00 bits per heavy atom. The second-order valence-electron chi connectivity index (χ2n) is 5.92. The summed E-state index contributed by atoms with van der Waals surface area (Å²) in [6.07, 6.45) is 5.14. The van der Waals surface area contributed by atoms with Crippen LogP contribution in [-0.4, -0.2) is 49.8 Å². The molecule has 2 fully saturated rings. The van der Waals surface area contributed by atoms with Gasteiger partial charge in [-0.3, -0.25) is 4.90 Å². The van der Waals surface area contributed by atoms with Crippen molar-refractivity contribution in [3.05, 3.63) is 24.3 Å². The van der Waals surface area contributed by atoms with E-state index in [-0.39, 0.29) is 4.90 Å². The number of sulfonamides is 1. The van der Waals surface area contributed by atoms with Crippen molar-refractivity contribution >= 4 is 15.7 Å². The molecule has 1 aliphatic carbocycles. The van der Waals surface area contributed by atoms with Gasteiger partial charge in [-0.05, 0) is 25.0 Å². The van der Waals surface area contributed by atoms with Crippen molar-refractivity contribution in [1.29, 1.82) is 0 Å². The van der Waals surface area contributed by atoms with Crippen LogP contribution in [0, 0.1) is 0 Å². The third kappa shape index (κ3) is 2.93. The molecule has 0 spiro atoms. The fourth-order valence-corrected chi connectivity index (χ4v) is 4.97. The Morgan fingerprint density at radius 3 is 2.24 bits per heavy atom. The van der Waals surface area contributed by atoms with Crippen LogP contribution in [0.15, 0.2) is 29.2 Å². The first-order valence-corrected chi connectivity index (χ1v) is 9.12. The topological polar surface area (TPSA) is 66.6 Å². The summed E-state index contributed by atoms with van der Waals surface area (Å²) in [5.41, 5.74) is 6.15.